The van der Waals surface area contributed by atoms with Crippen molar-refractivity contribution in [1.82, 2.24) is 9.55 Å². The van der Waals surface area contributed by atoms with Gasteiger partial charge in [0.1, 0.15) is 11.8 Å². The monoisotopic (exact) mass is 356 g/mol. The number of hydrogen-bond donors (Lipinski definition) is 1. The molecule has 134 valence electrons. The number of ether oxygens (including phenoxy) is 1. The van der Waals surface area contributed by atoms with Crippen LogP contribution in [-0.2, 0) is 6.54 Å². The van der Waals surface area contributed by atoms with Crippen molar-refractivity contribution in [3.05, 3.63) is 66.5 Å². The fourth-order valence-electron chi connectivity index (χ4n) is 3.37. The van der Waals surface area contributed by atoms with Gasteiger partial charge in [0.05, 0.1) is 23.9 Å². The Morgan fingerprint density at radius 2 is 2.07 bits per heavy atom. The summed E-state index contributed by atoms with van der Waals surface area (Å²) in [6.45, 7) is 1.67. The summed E-state index contributed by atoms with van der Waals surface area (Å²) in [7, 11) is 1.64. The van der Waals surface area contributed by atoms with Gasteiger partial charge < -0.3 is 14.6 Å². The molecule has 0 fully saturated rings. The van der Waals surface area contributed by atoms with Crippen molar-refractivity contribution in [2.24, 2.45) is 0 Å². The highest BCUT2D eigenvalue weighted by Gasteiger charge is 2.10. The molecule has 0 aliphatic rings. The standard InChI is InChI=1S/C22H20N4O/c1-27-18-7-8-20-19(13-18)22(17(14-23)15-25-20)24-10-4-11-26-12-9-16-5-2-3-6-21(16)26/h2-3,5-9,12-13,15H,4,10-11H2,1H3,(H,24,25). The van der Waals surface area contributed by atoms with Crippen molar-refractivity contribution in [3.63, 3.8) is 0 Å². The minimum atomic E-state index is 0.544. The molecule has 27 heavy (non-hydrogen) atoms. The van der Waals surface area contributed by atoms with Crippen molar-refractivity contribution in [3.8, 4) is 11.8 Å². The van der Waals surface area contributed by atoms with E-state index in [-0.39, 0.29) is 0 Å². The minimum Gasteiger partial charge on any atom is -0.497 e. The van der Waals surface area contributed by atoms with E-state index in [1.54, 1.807) is 13.3 Å². The van der Waals surface area contributed by atoms with Gasteiger partial charge in [-0.05, 0) is 42.1 Å². The molecule has 0 atom stereocenters. The van der Waals surface area contributed by atoms with Gasteiger partial charge in [0.2, 0.25) is 0 Å². The van der Waals surface area contributed by atoms with Gasteiger partial charge in [-0.1, -0.05) is 18.2 Å². The number of aromatic nitrogens is 2. The quantitative estimate of drug-likeness (QED) is 0.514. The summed E-state index contributed by atoms with van der Waals surface area (Å²) in [6, 6.07) is 18.5. The van der Waals surface area contributed by atoms with E-state index in [1.807, 2.05) is 18.2 Å². The molecule has 0 bridgehead atoms. The van der Waals surface area contributed by atoms with Crippen LogP contribution in [0.3, 0.4) is 0 Å². The Morgan fingerprint density at radius 1 is 1.19 bits per heavy atom. The lowest BCUT2D eigenvalue weighted by molar-refractivity contribution is 0.415. The second kappa shape index (κ2) is 7.38. The lowest BCUT2D eigenvalue weighted by atomic mass is 10.1. The van der Waals surface area contributed by atoms with Gasteiger partial charge in [0, 0.05) is 36.4 Å². The number of hydrogen-bond acceptors (Lipinski definition) is 4. The van der Waals surface area contributed by atoms with Gasteiger partial charge in [0.15, 0.2) is 0 Å². The SMILES string of the molecule is COc1ccc2ncc(C#N)c(NCCCn3ccc4ccccc43)c2c1. The lowest BCUT2D eigenvalue weighted by Crippen LogP contribution is -2.08. The highest BCUT2D eigenvalue weighted by atomic mass is 16.5. The summed E-state index contributed by atoms with van der Waals surface area (Å²) < 4.78 is 7.58. The molecule has 5 heteroatoms. The van der Waals surface area contributed by atoms with E-state index in [2.05, 4.69) is 57.5 Å². The van der Waals surface area contributed by atoms with Gasteiger partial charge in [0.25, 0.3) is 0 Å². The van der Waals surface area contributed by atoms with E-state index in [0.29, 0.717) is 5.56 Å². The second-order valence-corrected chi connectivity index (χ2v) is 6.39. The van der Waals surface area contributed by atoms with Crippen molar-refractivity contribution < 1.29 is 4.74 Å². The van der Waals surface area contributed by atoms with E-state index in [9.17, 15) is 5.26 Å². The van der Waals surface area contributed by atoms with E-state index < -0.39 is 0 Å². The molecule has 1 N–H and O–H groups in total. The summed E-state index contributed by atoms with van der Waals surface area (Å²) in [5.41, 5.74) is 3.45. The van der Waals surface area contributed by atoms with E-state index in [1.165, 1.54) is 10.9 Å². The van der Waals surface area contributed by atoms with Crippen LogP contribution in [0.15, 0.2) is 60.9 Å². The molecule has 2 aromatic heterocycles. The summed E-state index contributed by atoms with van der Waals surface area (Å²) >= 11 is 0. The summed E-state index contributed by atoms with van der Waals surface area (Å²) in [4.78, 5) is 4.37. The molecule has 0 unspecified atom stereocenters. The summed E-state index contributed by atoms with van der Waals surface area (Å²) in [5.74, 6) is 0.751. The molecule has 0 aliphatic carbocycles. The maximum atomic E-state index is 9.46. The molecule has 0 saturated heterocycles. The Hall–Kier alpha value is -3.52. The number of methoxy groups -OCH3 is 1. The number of nitrogens with zero attached hydrogens (tertiary/aromatic N) is 3. The van der Waals surface area contributed by atoms with Crippen molar-refractivity contribution >= 4 is 27.5 Å². The average Bonchev–Trinajstić information content (AvgIpc) is 3.13. The van der Waals surface area contributed by atoms with Crippen LogP contribution in [0.2, 0.25) is 0 Å². The number of anilines is 1. The molecule has 5 nitrogen and oxygen atoms in total. The Kier molecular flexibility index (Phi) is 4.63. The Labute approximate surface area is 157 Å². The first-order valence-corrected chi connectivity index (χ1v) is 8.95. The number of rotatable bonds is 6. The zero-order valence-corrected chi connectivity index (χ0v) is 15.1. The van der Waals surface area contributed by atoms with Gasteiger partial charge in [-0.15, -0.1) is 0 Å². The molecular weight excluding hydrogens is 336 g/mol. The van der Waals surface area contributed by atoms with E-state index in [4.69, 9.17) is 4.74 Å². The van der Waals surface area contributed by atoms with Crippen molar-refractivity contribution in [2.75, 3.05) is 19.0 Å². The smallest absolute Gasteiger partial charge is 0.119 e. The van der Waals surface area contributed by atoms with Gasteiger partial charge in [-0.3, -0.25) is 4.98 Å². The Morgan fingerprint density at radius 3 is 2.93 bits per heavy atom. The molecule has 2 aromatic carbocycles. The predicted octanol–water partition coefficient (Wildman–Crippen LogP) is 4.57. The summed E-state index contributed by atoms with van der Waals surface area (Å²) in [5, 5.41) is 15.1. The highest BCUT2D eigenvalue weighted by molar-refractivity contribution is 5.94. The average molecular weight is 356 g/mol. The fourth-order valence-corrected chi connectivity index (χ4v) is 3.37. The van der Waals surface area contributed by atoms with Crippen LogP contribution in [0.25, 0.3) is 21.8 Å². The van der Waals surface area contributed by atoms with Gasteiger partial charge in [-0.25, -0.2) is 0 Å². The number of aryl methyl sites for hydroxylation is 1. The first kappa shape index (κ1) is 16.9. The maximum Gasteiger partial charge on any atom is 0.119 e. The molecule has 0 radical (unpaired) electrons. The number of nitrogens with one attached hydrogen (secondary N) is 1. The van der Waals surface area contributed by atoms with Gasteiger partial charge >= 0.3 is 0 Å². The van der Waals surface area contributed by atoms with Gasteiger partial charge in [-0.2, -0.15) is 5.26 Å². The molecule has 4 rings (SSSR count). The molecule has 4 aromatic rings. The van der Waals surface area contributed by atoms with E-state index in [0.717, 1.165) is 41.9 Å². The normalized spacial score (nSPS) is 10.8. The molecule has 0 saturated carbocycles. The topological polar surface area (TPSA) is 62.9 Å². The second-order valence-electron chi connectivity index (χ2n) is 6.39. The largest absolute Gasteiger partial charge is 0.497 e. The molecule has 0 amide bonds. The molecule has 0 spiro atoms. The van der Waals surface area contributed by atoms with Crippen LogP contribution in [0.5, 0.6) is 5.75 Å². The predicted molar refractivity (Wildman–Crippen MR) is 108 cm³/mol. The van der Waals surface area contributed by atoms with Crippen molar-refractivity contribution in [2.45, 2.75) is 13.0 Å². The van der Waals surface area contributed by atoms with Crippen LogP contribution in [0, 0.1) is 11.3 Å². The number of pyridine rings is 1. The van der Waals surface area contributed by atoms with E-state index >= 15 is 0 Å². The maximum absolute atomic E-state index is 9.46. The van der Waals surface area contributed by atoms with Crippen LogP contribution in [0.4, 0.5) is 5.69 Å². The Bertz CT molecular complexity index is 1140. The number of fused-ring (bicyclic) bond motifs is 2. The molecule has 0 aliphatic heterocycles. The first-order valence-electron chi connectivity index (χ1n) is 8.95. The van der Waals surface area contributed by atoms with Crippen molar-refractivity contribution in [1.29, 1.82) is 5.26 Å². The minimum absolute atomic E-state index is 0.544. The summed E-state index contributed by atoms with van der Waals surface area (Å²) in [6.07, 6.45) is 4.69. The number of para-hydroxylation sites is 1. The van der Waals surface area contributed by atoms with Crippen LogP contribution >= 0.6 is 0 Å². The molecular formula is C22H20N4O. The Balaban J connectivity index is 1.52. The van der Waals surface area contributed by atoms with Crippen LogP contribution < -0.4 is 10.1 Å². The third-order valence-electron chi connectivity index (χ3n) is 4.75. The van der Waals surface area contributed by atoms with Crippen LogP contribution in [0.1, 0.15) is 12.0 Å². The first-order chi connectivity index (χ1) is 13.3. The third-order valence-corrected chi connectivity index (χ3v) is 4.75. The fraction of sp³-hybridized carbons (Fsp3) is 0.182. The lowest BCUT2D eigenvalue weighted by Gasteiger charge is -2.13. The third kappa shape index (κ3) is 3.30. The zero-order valence-electron chi connectivity index (χ0n) is 15.1. The zero-order chi connectivity index (χ0) is 18.6. The molecule has 2 heterocycles. The highest BCUT2D eigenvalue weighted by Crippen LogP contribution is 2.29. The van der Waals surface area contributed by atoms with Crippen LogP contribution in [-0.4, -0.2) is 23.2 Å². The number of nitriles is 1. The number of benzene rings is 2.